The molecule has 11 heteroatoms. The van der Waals surface area contributed by atoms with Gasteiger partial charge < -0.3 is 9.64 Å². The molecule has 2 N–H and O–H groups in total. The number of carbonyl (C=O) groups excluding carboxylic acids is 1. The lowest BCUT2D eigenvalue weighted by Gasteiger charge is -2.29. The first-order chi connectivity index (χ1) is 15.1. The van der Waals surface area contributed by atoms with Crippen LogP contribution in [0, 0.1) is 11.2 Å². The molecule has 0 saturated carbocycles. The minimum Gasteiger partial charge on any atom is -0.378 e. The third-order valence-corrected chi connectivity index (χ3v) is 6.62. The molecular formula is C20H17FN6O2S2. The standard InChI is InChI=1S/C20H17FN6O2S2/c21-14-9-12(1-2-15(14)26-4-6-29-7-5-26)17-13(11-24-25-17)10-16-18(28)27(19(22)31-16)20-23-3-8-30-20/h1-3,8-11,22H,4-7H2,(H,24,25). The summed E-state index contributed by atoms with van der Waals surface area (Å²) in [5.41, 5.74) is 2.41. The van der Waals surface area contributed by atoms with Crippen LogP contribution in [0.25, 0.3) is 17.3 Å². The Balaban J connectivity index is 1.43. The lowest BCUT2D eigenvalue weighted by atomic mass is 10.1. The maximum Gasteiger partial charge on any atom is 0.273 e. The average molecular weight is 457 g/mol. The number of nitrogens with zero attached hydrogens (tertiary/aromatic N) is 4. The van der Waals surface area contributed by atoms with Gasteiger partial charge in [0.05, 0.1) is 35.7 Å². The molecule has 0 spiro atoms. The van der Waals surface area contributed by atoms with Gasteiger partial charge in [-0.15, -0.1) is 11.3 Å². The van der Waals surface area contributed by atoms with Crippen molar-refractivity contribution in [2.24, 2.45) is 0 Å². The van der Waals surface area contributed by atoms with Crippen molar-refractivity contribution in [3.05, 3.63) is 52.3 Å². The van der Waals surface area contributed by atoms with Gasteiger partial charge in [-0.25, -0.2) is 14.3 Å². The van der Waals surface area contributed by atoms with Crippen molar-refractivity contribution in [3.8, 4) is 11.3 Å². The molecule has 31 heavy (non-hydrogen) atoms. The fourth-order valence-electron chi connectivity index (χ4n) is 3.49. The first kappa shape index (κ1) is 19.9. The molecule has 0 atom stereocenters. The lowest BCUT2D eigenvalue weighted by Crippen LogP contribution is -2.36. The van der Waals surface area contributed by atoms with Crippen LogP contribution in [0.2, 0.25) is 0 Å². The highest BCUT2D eigenvalue weighted by Crippen LogP contribution is 2.37. The van der Waals surface area contributed by atoms with Crippen LogP contribution in [0.4, 0.5) is 15.2 Å². The summed E-state index contributed by atoms with van der Waals surface area (Å²) < 4.78 is 20.2. The number of nitrogens with one attached hydrogen (secondary N) is 2. The van der Waals surface area contributed by atoms with Crippen molar-refractivity contribution < 1.29 is 13.9 Å². The van der Waals surface area contributed by atoms with E-state index < -0.39 is 0 Å². The van der Waals surface area contributed by atoms with Crippen LogP contribution >= 0.6 is 23.1 Å². The number of anilines is 2. The summed E-state index contributed by atoms with van der Waals surface area (Å²) in [4.78, 5) is 20.6. The van der Waals surface area contributed by atoms with E-state index in [0.29, 0.717) is 58.8 Å². The maximum atomic E-state index is 14.9. The molecule has 2 aliphatic heterocycles. The Morgan fingerprint density at radius 1 is 1.29 bits per heavy atom. The molecule has 2 aromatic heterocycles. The normalized spacial score (nSPS) is 18.4. The number of H-pyrrole nitrogens is 1. The average Bonchev–Trinajstić information content (AvgIpc) is 3.51. The molecule has 0 bridgehead atoms. The summed E-state index contributed by atoms with van der Waals surface area (Å²) in [6, 6.07) is 5.05. The monoisotopic (exact) mass is 456 g/mol. The molecule has 4 heterocycles. The number of thioether (sulfide) groups is 1. The number of ether oxygens (including phenoxy) is 1. The molecule has 2 aliphatic rings. The van der Waals surface area contributed by atoms with E-state index in [1.165, 1.54) is 22.3 Å². The SMILES string of the molecule is N=C1SC(=Cc2cn[nH]c2-c2ccc(N3CCOCC3)c(F)c2)C(=O)N1c1nccs1. The van der Waals surface area contributed by atoms with Crippen LogP contribution < -0.4 is 9.80 Å². The van der Waals surface area contributed by atoms with Gasteiger partial charge in [-0.2, -0.15) is 5.10 Å². The molecular weight excluding hydrogens is 439 g/mol. The van der Waals surface area contributed by atoms with Crippen molar-refractivity contribution in [2.75, 3.05) is 36.1 Å². The number of carbonyl (C=O) groups is 1. The molecule has 3 aromatic rings. The molecule has 0 aliphatic carbocycles. The molecule has 1 amide bonds. The van der Waals surface area contributed by atoms with Crippen LogP contribution in [0.5, 0.6) is 0 Å². The Bertz CT molecular complexity index is 1170. The fraction of sp³-hybridized carbons (Fsp3) is 0.200. The molecule has 0 radical (unpaired) electrons. The zero-order valence-corrected chi connectivity index (χ0v) is 17.8. The molecule has 1 aromatic carbocycles. The molecule has 2 fully saturated rings. The van der Waals surface area contributed by atoms with Crippen LogP contribution in [0.15, 0.2) is 40.9 Å². The molecule has 0 unspecified atom stereocenters. The van der Waals surface area contributed by atoms with Gasteiger partial charge in [0.25, 0.3) is 5.91 Å². The minimum atomic E-state index is -0.323. The highest BCUT2D eigenvalue weighted by Gasteiger charge is 2.35. The second-order valence-corrected chi connectivity index (χ2v) is 8.74. The summed E-state index contributed by atoms with van der Waals surface area (Å²) in [6.07, 6.45) is 4.84. The first-order valence-electron chi connectivity index (χ1n) is 9.50. The first-order valence-corrected chi connectivity index (χ1v) is 11.2. The Labute approximate surface area is 185 Å². The number of aromatic nitrogens is 3. The van der Waals surface area contributed by atoms with Gasteiger partial charge >= 0.3 is 0 Å². The number of thiazole rings is 1. The summed E-state index contributed by atoms with van der Waals surface area (Å²) in [6.45, 7) is 2.47. The highest BCUT2D eigenvalue weighted by atomic mass is 32.2. The van der Waals surface area contributed by atoms with Crippen LogP contribution in [-0.2, 0) is 9.53 Å². The predicted octanol–water partition coefficient (Wildman–Crippen LogP) is 3.56. The third-order valence-electron chi connectivity index (χ3n) is 4.98. The van der Waals surface area contributed by atoms with E-state index in [2.05, 4.69) is 15.2 Å². The number of amides is 1. The van der Waals surface area contributed by atoms with Gasteiger partial charge in [0.15, 0.2) is 10.3 Å². The maximum absolute atomic E-state index is 14.9. The van der Waals surface area contributed by atoms with Gasteiger partial charge in [0.1, 0.15) is 5.82 Å². The van der Waals surface area contributed by atoms with E-state index >= 15 is 0 Å². The zero-order chi connectivity index (χ0) is 21.4. The van der Waals surface area contributed by atoms with Gasteiger partial charge in [-0.1, -0.05) is 6.07 Å². The largest absolute Gasteiger partial charge is 0.378 e. The Morgan fingerprint density at radius 3 is 2.87 bits per heavy atom. The van der Waals surface area contributed by atoms with Crippen LogP contribution in [0.3, 0.4) is 0 Å². The fourth-order valence-corrected chi connectivity index (χ4v) is 5.02. The number of hydrogen-bond donors (Lipinski definition) is 2. The van der Waals surface area contributed by atoms with Crippen molar-refractivity contribution in [3.63, 3.8) is 0 Å². The molecule has 158 valence electrons. The van der Waals surface area contributed by atoms with Crippen molar-refractivity contribution in [1.82, 2.24) is 15.2 Å². The molecule has 2 saturated heterocycles. The lowest BCUT2D eigenvalue weighted by molar-refractivity contribution is -0.113. The van der Waals surface area contributed by atoms with E-state index in [-0.39, 0.29) is 16.9 Å². The van der Waals surface area contributed by atoms with Crippen molar-refractivity contribution >= 4 is 51.1 Å². The van der Waals surface area contributed by atoms with E-state index in [4.69, 9.17) is 10.1 Å². The van der Waals surface area contributed by atoms with Crippen molar-refractivity contribution in [1.29, 1.82) is 5.41 Å². The number of aromatic amines is 1. The van der Waals surface area contributed by atoms with E-state index in [0.717, 1.165) is 11.8 Å². The molecule has 8 nitrogen and oxygen atoms in total. The van der Waals surface area contributed by atoms with E-state index in [9.17, 15) is 9.18 Å². The predicted molar refractivity (Wildman–Crippen MR) is 120 cm³/mol. The zero-order valence-electron chi connectivity index (χ0n) is 16.2. The summed E-state index contributed by atoms with van der Waals surface area (Å²) >= 11 is 2.35. The van der Waals surface area contributed by atoms with Gasteiger partial charge in [-0.05, 0) is 30.0 Å². The smallest absolute Gasteiger partial charge is 0.273 e. The number of amidine groups is 1. The van der Waals surface area contributed by atoms with Crippen LogP contribution in [0.1, 0.15) is 5.56 Å². The van der Waals surface area contributed by atoms with Gasteiger partial charge in [0.2, 0.25) is 0 Å². The number of benzene rings is 1. The number of halogens is 1. The quantitative estimate of drug-likeness (QED) is 0.583. The van der Waals surface area contributed by atoms with Crippen LogP contribution in [-0.4, -0.2) is 52.6 Å². The second kappa shape index (κ2) is 8.25. The van der Waals surface area contributed by atoms with Gasteiger partial charge in [0, 0.05) is 35.8 Å². The Hall–Kier alpha value is -3.02. The van der Waals surface area contributed by atoms with Crippen molar-refractivity contribution in [2.45, 2.75) is 0 Å². The van der Waals surface area contributed by atoms with E-state index in [1.807, 2.05) is 11.0 Å². The topological polar surface area (TPSA) is 98.2 Å². The summed E-state index contributed by atoms with van der Waals surface area (Å²) in [5.74, 6) is -0.637. The third kappa shape index (κ3) is 3.75. The summed E-state index contributed by atoms with van der Waals surface area (Å²) in [7, 11) is 0. The number of hydrogen-bond acceptors (Lipinski definition) is 8. The van der Waals surface area contributed by atoms with E-state index in [1.54, 1.807) is 29.9 Å². The number of rotatable bonds is 4. The summed E-state index contributed by atoms with van der Waals surface area (Å²) in [5, 5.41) is 17.4. The Kier molecular flexibility index (Phi) is 5.30. The minimum absolute atomic E-state index is 0.0946. The number of morpholine rings is 1. The Morgan fingerprint density at radius 2 is 2.13 bits per heavy atom. The highest BCUT2D eigenvalue weighted by molar-refractivity contribution is 8.19. The molecule has 5 rings (SSSR count). The van der Waals surface area contributed by atoms with Gasteiger partial charge in [-0.3, -0.25) is 15.3 Å². The second-order valence-electron chi connectivity index (χ2n) is 6.84.